The molecule has 3 rings (SSSR count). The van der Waals surface area contributed by atoms with Gasteiger partial charge in [0, 0.05) is 30.2 Å². The summed E-state index contributed by atoms with van der Waals surface area (Å²) in [4.78, 5) is 30.8. The molecule has 8 nitrogen and oxygen atoms in total. The molecule has 222 valence electrons. The minimum atomic E-state index is -4.62. The van der Waals surface area contributed by atoms with E-state index in [-0.39, 0.29) is 45.0 Å². The van der Waals surface area contributed by atoms with Crippen molar-refractivity contribution in [3.63, 3.8) is 0 Å². The summed E-state index contributed by atoms with van der Waals surface area (Å²) in [5.41, 5.74) is -1.60. The van der Waals surface area contributed by atoms with Crippen LogP contribution >= 0.6 is 23.2 Å². The van der Waals surface area contributed by atoms with E-state index in [2.05, 4.69) is 10.1 Å². The van der Waals surface area contributed by atoms with Crippen LogP contribution in [0.5, 0.6) is 0 Å². The molecule has 0 aromatic carbocycles. The molecule has 2 aromatic heterocycles. The molecule has 1 unspecified atom stereocenters. The Labute approximate surface area is 241 Å². The van der Waals surface area contributed by atoms with Crippen LogP contribution in [0.1, 0.15) is 80.7 Å². The van der Waals surface area contributed by atoms with Gasteiger partial charge in [0.15, 0.2) is 0 Å². The summed E-state index contributed by atoms with van der Waals surface area (Å²) in [6.07, 6.45) is -0.382. The molecule has 0 bridgehead atoms. The zero-order chi connectivity index (χ0) is 30.0. The monoisotopic (exact) mass is 606 g/mol. The number of aromatic nitrogens is 3. The number of amides is 1. The van der Waals surface area contributed by atoms with Gasteiger partial charge in [-0.25, -0.2) is 0 Å². The van der Waals surface area contributed by atoms with Crippen LogP contribution in [0, 0.1) is 24.2 Å². The fraction of sp³-hybridized carbons (Fsp3) is 0.630. The maximum atomic E-state index is 13.8. The molecule has 0 spiro atoms. The van der Waals surface area contributed by atoms with Crippen LogP contribution in [0.3, 0.4) is 0 Å². The van der Waals surface area contributed by atoms with Crippen LogP contribution in [-0.2, 0) is 9.53 Å². The Morgan fingerprint density at radius 3 is 2.38 bits per heavy atom. The molecular weight excluding hydrogens is 572 g/mol. The Balaban J connectivity index is 1.89. The number of hydrogen-bond acceptors (Lipinski definition) is 6. The summed E-state index contributed by atoms with van der Waals surface area (Å²) in [6.45, 7) is 6.49. The molecule has 0 radical (unpaired) electrons. The number of nitrogens with zero attached hydrogens (tertiary/aromatic N) is 4. The first-order valence-corrected chi connectivity index (χ1v) is 13.9. The minimum absolute atomic E-state index is 0.0228. The van der Waals surface area contributed by atoms with Crippen molar-refractivity contribution in [2.45, 2.75) is 72.2 Å². The summed E-state index contributed by atoms with van der Waals surface area (Å²) >= 11 is 12.3. The first-order chi connectivity index (χ1) is 18.6. The predicted molar refractivity (Wildman–Crippen MR) is 144 cm³/mol. The van der Waals surface area contributed by atoms with Crippen molar-refractivity contribution in [1.82, 2.24) is 19.7 Å². The summed E-state index contributed by atoms with van der Waals surface area (Å²) in [5.74, 6) is -1.14. The molecular formula is C27H35Cl2F3N4O4. The Morgan fingerprint density at radius 1 is 1.20 bits per heavy atom. The fourth-order valence-electron chi connectivity index (χ4n) is 5.19. The Morgan fingerprint density at radius 2 is 1.82 bits per heavy atom. The highest BCUT2D eigenvalue weighted by Crippen LogP contribution is 2.40. The minimum Gasteiger partial charge on any atom is -0.466 e. The van der Waals surface area contributed by atoms with Crippen LogP contribution in [0.2, 0.25) is 10.0 Å². The molecule has 0 saturated heterocycles. The molecule has 1 saturated carbocycles. The Kier molecular flexibility index (Phi) is 10.2. The quantitative estimate of drug-likeness (QED) is 0.341. The molecule has 1 amide bonds. The first-order valence-electron chi connectivity index (χ1n) is 13.1. The van der Waals surface area contributed by atoms with Crippen molar-refractivity contribution in [2.75, 3.05) is 19.7 Å². The predicted octanol–water partition coefficient (Wildman–Crippen LogP) is 6.20. The van der Waals surface area contributed by atoms with Crippen molar-refractivity contribution in [3.8, 4) is 0 Å². The van der Waals surface area contributed by atoms with Crippen molar-refractivity contribution >= 4 is 35.1 Å². The molecule has 40 heavy (non-hydrogen) atoms. The molecule has 1 N–H and O–H groups in total. The number of ether oxygens (including phenoxy) is 1. The van der Waals surface area contributed by atoms with Crippen LogP contribution in [0.4, 0.5) is 13.2 Å². The van der Waals surface area contributed by atoms with Gasteiger partial charge in [0.2, 0.25) is 0 Å². The van der Waals surface area contributed by atoms with Crippen LogP contribution in [0.15, 0.2) is 18.6 Å². The SMILES string of the molecule is CCOC(=O)[C@H]1CC[C@H](n2ncc(C(=O)N(CC(O)c3c(Cl)cncc3Cl)CC(C)(C)C(F)(F)F)c2C)C[C@@H]1C. The third kappa shape index (κ3) is 6.91. The number of rotatable bonds is 9. The molecule has 1 aliphatic carbocycles. The number of alkyl halides is 3. The summed E-state index contributed by atoms with van der Waals surface area (Å²) < 4.78 is 48.4. The number of aliphatic hydroxyl groups is 1. The van der Waals surface area contributed by atoms with Crippen molar-refractivity contribution in [3.05, 3.63) is 45.5 Å². The van der Waals surface area contributed by atoms with Crippen LogP contribution < -0.4 is 0 Å². The second kappa shape index (κ2) is 12.7. The number of carbonyl (C=O) groups is 2. The number of aliphatic hydroxyl groups excluding tert-OH is 1. The van der Waals surface area contributed by atoms with Gasteiger partial charge in [-0.15, -0.1) is 0 Å². The van der Waals surface area contributed by atoms with E-state index >= 15 is 0 Å². The summed E-state index contributed by atoms with van der Waals surface area (Å²) in [5, 5.41) is 15.4. The van der Waals surface area contributed by atoms with Gasteiger partial charge < -0.3 is 14.7 Å². The molecule has 1 aliphatic rings. The number of esters is 1. The molecule has 0 aliphatic heterocycles. The van der Waals surface area contributed by atoms with Crippen molar-refractivity contribution < 1.29 is 32.6 Å². The first kappa shape index (κ1) is 32.1. The number of hydrogen-bond donors (Lipinski definition) is 1. The van der Waals surface area contributed by atoms with Gasteiger partial charge in [0.05, 0.1) is 58.4 Å². The normalized spacial score (nSPS) is 20.7. The maximum absolute atomic E-state index is 13.8. The molecule has 2 aromatic rings. The van der Waals surface area contributed by atoms with Crippen LogP contribution in [0.25, 0.3) is 0 Å². The Hall–Kier alpha value is -2.37. The second-order valence-corrected chi connectivity index (χ2v) is 11.8. The molecule has 2 heterocycles. The maximum Gasteiger partial charge on any atom is 0.395 e. The Bertz CT molecular complexity index is 1200. The largest absolute Gasteiger partial charge is 0.466 e. The summed E-state index contributed by atoms with van der Waals surface area (Å²) in [7, 11) is 0. The van der Waals surface area contributed by atoms with E-state index in [0.717, 1.165) is 18.7 Å². The number of pyridine rings is 1. The lowest BCUT2D eigenvalue weighted by Gasteiger charge is -2.35. The lowest BCUT2D eigenvalue weighted by atomic mass is 9.78. The van der Waals surface area contributed by atoms with E-state index in [0.29, 0.717) is 31.6 Å². The van der Waals surface area contributed by atoms with Gasteiger partial charge in [-0.1, -0.05) is 30.1 Å². The zero-order valence-corrected chi connectivity index (χ0v) is 24.6. The smallest absolute Gasteiger partial charge is 0.395 e. The zero-order valence-electron chi connectivity index (χ0n) is 23.1. The van der Waals surface area contributed by atoms with E-state index in [1.165, 1.54) is 18.6 Å². The van der Waals surface area contributed by atoms with Crippen molar-refractivity contribution in [1.29, 1.82) is 0 Å². The van der Waals surface area contributed by atoms with E-state index < -0.39 is 36.7 Å². The third-order valence-electron chi connectivity index (χ3n) is 7.61. The molecule has 4 atom stereocenters. The van der Waals surface area contributed by atoms with E-state index in [4.69, 9.17) is 27.9 Å². The van der Waals surface area contributed by atoms with E-state index in [9.17, 15) is 27.9 Å². The fourth-order valence-corrected chi connectivity index (χ4v) is 5.80. The lowest BCUT2D eigenvalue weighted by molar-refractivity contribution is -0.215. The topological polar surface area (TPSA) is 97.6 Å². The van der Waals surface area contributed by atoms with Gasteiger partial charge in [0.25, 0.3) is 5.91 Å². The average Bonchev–Trinajstić information content (AvgIpc) is 3.23. The second-order valence-electron chi connectivity index (χ2n) is 11.0. The van der Waals surface area contributed by atoms with Gasteiger partial charge in [-0.05, 0) is 52.9 Å². The summed E-state index contributed by atoms with van der Waals surface area (Å²) in [6, 6.07) is -0.0951. The average molecular weight is 608 g/mol. The third-order valence-corrected chi connectivity index (χ3v) is 8.21. The molecule has 1 fully saturated rings. The number of carbonyl (C=O) groups excluding carboxylic acids is 2. The van der Waals surface area contributed by atoms with Gasteiger partial charge in [-0.2, -0.15) is 18.3 Å². The highest BCUT2D eigenvalue weighted by Gasteiger charge is 2.49. The van der Waals surface area contributed by atoms with E-state index in [1.54, 1.807) is 18.5 Å². The van der Waals surface area contributed by atoms with Gasteiger partial charge >= 0.3 is 12.1 Å². The van der Waals surface area contributed by atoms with Crippen LogP contribution in [-0.4, -0.2) is 62.5 Å². The highest BCUT2D eigenvalue weighted by atomic mass is 35.5. The number of halogens is 5. The lowest BCUT2D eigenvalue weighted by Crippen LogP contribution is -2.47. The molecule has 13 heteroatoms. The van der Waals surface area contributed by atoms with Crippen molar-refractivity contribution in [2.24, 2.45) is 17.3 Å². The van der Waals surface area contributed by atoms with E-state index in [1.807, 2.05) is 6.92 Å². The standard InChI is InChI=1S/C27H35Cl2F3N4O4/c1-6-40-25(39)18-8-7-17(9-15(18)2)36-16(3)19(10-34-36)24(38)35(14-26(4,5)27(30,31)32)13-22(37)23-20(28)11-33-12-21(23)29/h10-12,15,17-18,22,37H,6-9,13-14H2,1-5H3/t15-,17-,18-,22?/m0/s1. The van der Waals surface area contributed by atoms with Gasteiger partial charge in [0.1, 0.15) is 0 Å². The van der Waals surface area contributed by atoms with Gasteiger partial charge in [-0.3, -0.25) is 19.3 Å². The highest BCUT2D eigenvalue weighted by molar-refractivity contribution is 6.35.